The molecule has 0 saturated carbocycles. The van der Waals surface area contributed by atoms with E-state index in [2.05, 4.69) is 46.5 Å². The standard InChI is InChI=1S/C23H33N3O3S/c1-5-25-10-12-26(13-11-25)23(21-7-6-14-30-21)17(2)24-22(27)16-18-8-9-19(28-3)20(15-18)29-4/h6-9,14-15,17,23H,5,10-13,16H2,1-4H3,(H,24,27)/t17-,23-/m0/s1. The number of thiophene rings is 1. The van der Waals surface area contributed by atoms with Gasteiger partial charge in [0, 0.05) is 37.1 Å². The van der Waals surface area contributed by atoms with Crippen LogP contribution in [0.1, 0.15) is 30.3 Å². The SMILES string of the molecule is CCN1CCN([C@H](c2cccs2)[C@H](C)NC(=O)Cc2ccc(OC)c(OC)c2)CC1. The van der Waals surface area contributed by atoms with Gasteiger partial charge in [0.25, 0.3) is 0 Å². The van der Waals surface area contributed by atoms with Crippen LogP contribution in [-0.2, 0) is 11.2 Å². The minimum Gasteiger partial charge on any atom is -0.493 e. The lowest BCUT2D eigenvalue weighted by atomic mass is 10.0. The highest BCUT2D eigenvalue weighted by atomic mass is 32.1. The molecule has 7 heteroatoms. The van der Waals surface area contributed by atoms with Gasteiger partial charge in [-0.15, -0.1) is 11.3 Å². The zero-order valence-corrected chi connectivity index (χ0v) is 19.2. The lowest BCUT2D eigenvalue weighted by Crippen LogP contribution is -2.52. The number of nitrogens with zero attached hydrogens (tertiary/aromatic N) is 2. The Kier molecular flexibility index (Phi) is 8.13. The van der Waals surface area contributed by atoms with E-state index in [1.165, 1.54) is 4.88 Å². The van der Waals surface area contributed by atoms with Gasteiger partial charge >= 0.3 is 0 Å². The Bertz CT molecular complexity index is 804. The summed E-state index contributed by atoms with van der Waals surface area (Å²) in [5.74, 6) is 1.32. The first-order valence-electron chi connectivity index (χ1n) is 10.6. The van der Waals surface area contributed by atoms with Crippen LogP contribution in [0.25, 0.3) is 0 Å². The smallest absolute Gasteiger partial charge is 0.224 e. The molecule has 0 radical (unpaired) electrons. The molecule has 1 N–H and O–H groups in total. The van der Waals surface area contributed by atoms with Crippen molar-refractivity contribution in [3.63, 3.8) is 0 Å². The van der Waals surface area contributed by atoms with Gasteiger partial charge in [-0.25, -0.2) is 0 Å². The molecule has 2 heterocycles. The van der Waals surface area contributed by atoms with E-state index in [-0.39, 0.29) is 18.0 Å². The second kappa shape index (κ2) is 10.8. The molecule has 1 aliphatic heterocycles. The number of carbonyl (C=O) groups is 1. The minimum atomic E-state index is 0.0171. The third-order valence-corrected chi connectivity index (χ3v) is 6.70. The molecule has 164 valence electrons. The number of nitrogens with one attached hydrogen (secondary N) is 1. The highest BCUT2D eigenvalue weighted by Gasteiger charge is 2.30. The number of hydrogen-bond donors (Lipinski definition) is 1. The number of piperazine rings is 1. The summed E-state index contributed by atoms with van der Waals surface area (Å²) in [6.07, 6.45) is 0.311. The molecule has 1 aromatic heterocycles. The summed E-state index contributed by atoms with van der Waals surface area (Å²) in [7, 11) is 3.21. The Labute approximate surface area is 183 Å². The summed E-state index contributed by atoms with van der Waals surface area (Å²) in [6, 6.07) is 10.1. The van der Waals surface area contributed by atoms with Gasteiger partial charge in [0.1, 0.15) is 0 Å². The van der Waals surface area contributed by atoms with E-state index in [9.17, 15) is 4.79 Å². The van der Waals surface area contributed by atoms with E-state index in [0.29, 0.717) is 17.9 Å². The molecule has 2 atom stereocenters. The Hall–Kier alpha value is -2.09. The molecule has 1 saturated heterocycles. The molecule has 0 bridgehead atoms. The van der Waals surface area contributed by atoms with Gasteiger partial charge < -0.3 is 19.7 Å². The Morgan fingerprint density at radius 1 is 1.13 bits per heavy atom. The van der Waals surface area contributed by atoms with E-state index in [1.54, 1.807) is 25.6 Å². The largest absolute Gasteiger partial charge is 0.493 e. The third kappa shape index (κ3) is 5.53. The first-order chi connectivity index (χ1) is 14.5. The first-order valence-corrected chi connectivity index (χ1v) is 11.4. The van der Waals surface area contributed by atoms with Crippen molar-refractivity contribution in [1.82, 2.24) is 15.1 Å². The fourth-order valence-electron chi connectivity index (χ4n) is 4.12. The number of carbonyl (C=O) groups excluding carboxylic acids is 1. The van der Waals surface area contributed by atoms with Crippen LogP contribution in [-0.4, -0.2) is 68.7 Å². The molecule has 6 nitrogen and oxygen atoms in total. The maximum Gasteiger partial charge on any atom is 0.224 e. The first kappa shape index (κ1) is 22.6. The fraction of sp³-hybridized carbons (Fsp3) is 0.522. The summed E-state index contributed by atoms with van der Waals surface area (Å²) >= 11 is 1.76. The summed E-state index contributed by atoms with van der Waals surface area (Å²) in [6.45, 7) is 9.61. The van der Waals surface area contributed by atoms with Gasteiger partial charge in [0.05, 0.1) is 26.7 Å². The van der Waals surface area contributed by atoms with Crippen LogP contribution < -0.4 is 14.8 Å². The van der Waals surface area contributed by atoms with Crippen molar-refractivity contribution >= 4 is 17.2 Å². The van der Waals surface area contributed by atoms with Crippen molar-refractivity contribution < 1.29 is 14.3 Å². The number of methoxy groups -OCH3 is 2. The molecule has 0 spiro atoms. The zero-order chi connectivity index (χ0) is 21.5. The van der Waals surface area contributed by atoms with Gasteiger partial charge in [0.15, 0.2) is 11.5 Å². The molecule has 2 aromatic rings. The molecular formula is C23H33N3O3S. The highest BCUT2D eigenvalue weighted by molar-refractivity contribution is 7.10. The van der Waals surface area contributed by atoms with Crippen LogP contribution in [0, 0.1) is 0 Å². The fourth-order valence-corrected chi connectivity index (χ4v) is 5.08. The molecule has 1 amide bonds. The van der Waals surface area contributed by atoms with Crippen LogP contribution >= 0.6 is 11.3 Å². The molecule has 0 aliphatic carbocycles. The second-order valence-electron chi connectivity index (χ2n) is 7.65. The summed E-state index contributed by atoms with van der Waals surface area (Å²) in [4.78, 5) is 19.1. The maximum absolute atomic E-state index is 12.8. The van der Waals surface area contributed by atoms with Crippen LogP contribution in [0.2, 0.25) is 0 Å². The molecule has 1 aliphatic rings. The van der Waals surface area contributed by atoms with E-state index < -0.39 is 0 Å². The normalized spacial score (nSPS) is 17.3. The molecule has 0 unspecified atom stereocenters. The minimum absolute atomic E-state index is 0.0171. The number of hydrogen-bond acceptors (Lipinski definition) is 6. The number of ether oxygens (including phenoxy) is 2. The average Bonchev–Trinajstić information content (AvgIpc) is 3.28. The zero-order valence-electron chi connectivity index (χ0n) is 18.4. The van der Waals surface area contributed by atoms with Crippen molar-refractivity contribution in [3.8, 4) is 11.5 Å². The van der Waals surface area contributed by atoms with E-state index in [4.69, 9.17) is 9.47 Å². The molecule has 1 fully saturated rings. The average molecular weight is 432 g/mol. The number of likely N-dealkylation sites (N-methyl/N-ethyl adjacent to an activating group) is 1. The third-order valence-electron chi connectivity index (χ3n) is 5.76. The highest BCUT2D eigenvalue weighted by Crippen LogP contribution is 2.30. The Morgan fingerprint density at radius 2 is 1.87 bits per heavy atom. The van der Waals surface area contributed by atoms with Crippen molar-refractivity contribution in [2.24, 2.45) is 0 Å². The summed E-state index contributed by atoms with van der Waals surface area (Å²) in [5, 5.41) is 5.36. The number of amides is 1. The molecule has 1 aromatic carbocycles. The summed E-state index contributed by atoms with van der Waals surface area (Å²) < 4.78 is 10.6. The van der Waals surface area contributed by atoms with Crippen molar-refractivity contribution in [3.05, 3.63) is 46.2 Å². The topological polar surface area (TPSA) is 54.0 Å². The van der Waals surface area contributed by atoms with Gasteiger partial charge in [-0.1, -0.05) is 19.1 Å². The Balaban J connectivity index is 1.66. The van der Waals surface area contributed by atoms with Crippen LogP contribution in [0.15, 0.2) is 35.7 Å². The van der Waals surface area contributed by atoms with Gasteiger partial charge in [-0.2, -0.15) is 0 Å². The van der Waals surface area contributed by atoms with Gasteiger partial charge in [0.2, 0.25) is 5.91 Å². The van der Waals surface area contributed by atoms with Crippen molar-refractivity contribution in [1.29, 1.82) is 0 Å². The lowest BCUT2D eigenvalue weighted by Gasteiger charge is -2.41. The van der Waals surface area contributed by atoms with Gasteiger partial charge in [-0.05, 0) is 42.6 Å². The second-order valence-corrected chi connectivity index (χ2v) is 8.63. The molecule has 3 rings (SSSR count). The predicted molar refractivity (Wildman–Crippen MR) is 122 cm³/mol. The predicted octanol–water partition coefficient (Wildman–Crippen LogP) is 3.19. The summed E-state index contributed by atoms with van der Waals surface area (Å²) in [5.41, 5.74) is 0.904. The van der Waals surface area contributed by atoms with Gasteiger partial charge in [-0.3, -0.25) is 9.69 Å². The number of benzene rings is 1. The van der Waals surface area contributed by atoms with E-state index >= 15 is 0 Å². The van der Waals surface area contributed by atoms with E-state index in [0.717, 1.165) is 38.3 Å². The number of rotatable bonds is 9. The monoisotopic (exact) mass is 431 g/mol. The molecular weight excluding hydrogens is 398 g/mol. The lowest BCUT2D eigenvalue weighted by molar-refractivity contribution is -0.121. The van der Waals surface area contributed by atoms with Crippen LogP contribution in [0.3, 0.4) is 0 Å². The quantitative estimate of drug-likeness (QED) is 0.661. The van der Waals surface area contributed by atoms with Crippen LogP contribution in [0.4, 0.5) is 0 Å². The van der Waals surface area contributed by atoms with E-state index in [1.807, 2.05) is 18.2 Å². The Morgan fingerprint density at radius 3 is 2.47 bits per heavy atom. The maximum atomic E-state index is 12.8. The van der Waals surface area contributed by atoms with Crippen molar-refractivity contribution in [2.45, 2.75) is 32.4 Å². The van der Waals surface area contributed by atoms with Crippen LogP contribution in [0.5, 0.6) is 11.5 Å². The molecule has 30 heavy (non-hydrogen) atoms. The van der Waals surface area contributed by atoms with Crippen molar-refractivity contribution in [2.75, 3.05) is 46.9 Å².